The minimum atomic E-state index is -0.754. The van der Waals surface area contributed by atoms with Crippen LogP contribution >= 0.6 is 0 Å². The zero-order valence-electron chi connectivity index (χ0n) is 33.9. The van der Waals surface area contributed by atoms with Crippen LogP contribution in [0, 0.1) is 23.7 Å². The summed E-state index contributed by atoms with van der Waals surface area (Å²) < 4.78 is 0. The van der Waals surface area contributed by atoms with Crippen molar-refractivity contribution in [3.8, 4) is 0 Å². The zero-order chi connectivity index (χ0) is 37.4. The fraction of sp³-hybridized carbons (Fsp3) is 0.822. The molecule has 1 heterocycles. The minimum absolute atomic E-state index is 0.144. The number of hydrogen-bond acceptors (Lipinski definition) is 4. The summed E-state index contributed by atoms with van der Waals surface area (Å²) in [4.78, 5) is 29.7. The zero-order valence-corrected chi connectivity index (χ0v) is 33.9. The number of rotatable bonds is 35. The van der Waals surface area contributed by atoms with Crippen molar-refractivity contribution in [1.82, 2.24) is 9.80 Å². The van der Waals surface area contributed by atoms with Crippen molar-refractivity contribution in [2.24, 2.45) is 23.7 Å². The molecule has 1 saturated heterocycles. The molecular weight excluding hydrogens is 633 g/mol. The fourth-order valence-electron chi connectivity index (χ4n) is 7.82. The van der Waals surface area contributed by atoms with Gasteiger partial charge in [-0.15, -0.1) is 0 Å². The summed E-state index contributed by atoms with van der Waals surface area (Å²) in [6.45, 7) is 6.58. The maximum absolute atomic E-state index is 12.7. The number of carboxylic acid groups (broad SMARTS) is 2. The highest BCUT2D eigenvalue weighted by atomic mass is 16.4. The number of likely N-dealkylation sites (N-methyl/N-ethyl adjacent to an activating group) is 1. The summed E-state index contributed by atoms with van der Waals surface area (Å²) in [6.07, 6.45) is 43.8. The van der Waals surface area contributed by atoms with Crippen LogP contribution in [-0.2, 0) is 9.59 Å². The van der Waals surface area contributed by atoms with Gasteiger partial charge in [0, 0.05) is 19.6 Å². The van der Waals surface area contributed by atoms with Gasteiger partial charge in [0.1, 0.15) is 0 Å². The minimum Gasteiger partial charge on any atom is -0.481 e. The second-order valence-electron chi connectivity index (χ2n) is 15.9. The molecule has 2 N–H and O–H groups in total. The summed E-state index contributed by atoms with van der Waals surface area (Å²) in [5, 5.41) is 20.8. The average molecular weight is 715 g/mol. The molecule has 6 heteroatoms. The molecule has 51 heavy (non-hydrogen) atoms. The fourth-order valence-corrected chi connectivity index (χ4v) is 7.82. The van der Waals surface area contributed by atoms with Crippen LogP contribution in [0.3, 0.4) is 0 Å². The monoisotopic (exact) mass is 715 g/mol. The van der Waals surface area contributed by atoms with Crippen LogP contribution in [0.2, 0.25) is 0 Å². The summed E-state index contributed by atoms with van der Waals surface area (Å²) in [5.41, 5.74) is 0. The third-order valence-electron chi connectivity index (χ3n) is 10.9. The van der Waals surface area contributed by atoms with Gasteiger partial charge in [0.15, 0.2) is 0 Å². The highest BCUT2D eigenvalue weighted by Crippen LogP contribution is 2.39. The molecule has 296 valence electrons. The van der Waals surface area contributed by atoms with Gasteiger partial charge in [-0.3, -0.25) is 9.59 Å². The van der Waals surface area contributed by atoms with E-state index >= 15 is 0 Å². The molecule has 0 radical (unpaired) electrons. The first-order valence-electron chi connectivity index (χ1n) is 21.6. The second kappa shape index (κ2) is 32.6. The molecule has 0 aromatic carbocycles. The van der Waals surface area contributed by atoms with E-state index in [4.69, 9.17) is 0 Å². The van der Waals surface area contributed by atoms with Crippen molar-refractivity contribution in [1.29, 1.82) is 0 Å². The number of unbranched alkanes of at least 4 members (excludes halogenated alkanes) is 20. The van der Waals surface area contributed by atoms with Crippen LogP contribution in [0.1, 0.15) is 181 Å². The topological polar surface area (TPSA) is 81.1 Å². The number of allylic oxidation sites excluding steroid dienone is 4. The molecule has 0 saturated carbocycles. The summed E-state index contributed by atoms with van der Waals surface area (Å²) in [5.74, 6) is -2.79. The lowest BCUT2D eigenvalue weighted by atomic mass is 9.73. The summed E-state index contributed by atoms with van der Waals surface area (Å²) >= 11 is 0. The molecule has 0 aromatic rings. The summed E-state index contributed by atoms with van der Waals surface area (Å²) in [7, 11) is 4.06. The Labute approximate surface area is 315 Å². The van der Waals surface area contributed by atoms with Gasteiger partial charge in [0.25, 0.3) is 0 Å². The third kappa shape index (κ3) is 24.7. The second-order valence-corrected chi connectivity index (χ2v) is 15.9. The highest BCUT2D eigenvalue weighted by molar-refractivity contribution is 5.72. The Morgan fingerprint density at radius 2 is 0.882 bits per heavy atom. The molecule has 2 unspecified atom stereocenters. The molecule has 0 aliphatic carbocycles. The lowest BCUT2D eigenvalue weighted by molar-refractivity contribution is -0.149. The highest BCUT2D eigenvalue weighted by Gasteiger charge is 2.45. The Bertz CT molecular complexity index is 865. The van der Waals surface area contributed by atoms with Crippen molar-refractivity contribution in [3.05, 3.63) is 36.6 Å². The standard InChI is InChI=1S/C45H82N2O4/c1-5-7-9-11-13-15-17-19-21-23-25-27-29-31-34-40(44(48)49)42-38-47(37-33-36-46(3)4)39-43(42)41(45(50)51)35-32-30-28-26-24-22-20-18-16-14-12-10-8-6-2/h19-22,33,37,40-43H,5-18,23-32,34-36,38-39H2,1-4H3,(H,48,49)(H,50,51)/b21-19-,22-20-,37-33?/t40?,41?,42-,43-/m0/s1. The van der Waals surface area contributed by atoms with Crippen LogP contribution in [0.15, 0.2) is 36.6 Å². The molecule has 1 aliphatic heterocycles. The van der Waals surface area contributed by atoms with E-state index in [9.17, 15) is 19.8 Å². The van der Waals surface area contributed by atoms with E-state index in [1.807, 2.05) is 14.1 Å². The normalized spacial score (nSPS) is 17.9. The van der Waals surface area contributed by atoms with Gasteiger partial charge in [0.05, 0.1) is 11.8 Å². The van der Waals surface area contributed by atoms with E-state index < -0.39 is 23.8 Å². The van der Waals surface area contributed by atoms with Crippen LogP contribution < -0.4 is 0 Å². The number of aliphatic carboxylic acids is 2. The molecule has 6 nitrogen and oxygen atoms in total. The quantitative estimate of drug-likeness (QED) is 0.0502. The molecule has 0 spiro atoms. The largest absolute Gasteiger partial charge is 0.481 e. The average Bonchev–Trinajstić information content (AvgIpc) is 3.50. The van der Waals surface area contributed by atoms with E-state index in [-0.39, 0.29) is 11.8 Å². The maximum Gasteiger partial charge on any atom is 0.306 e. The number of nitrogens with zero attached hydrogens (tertiary/aromatic N) is 2. The van der Waals surface area contributed by atoms with Gasteiger partial charge < -0.3 is 20.0 Å². The van der Waals surface area contributed by atoms with Crippen molar-refractivity contribution in [2.45, 2.75) is 181 Å². The maximum atomic E-state index is 12.7. The van der Waals surface area contributed by atoms with Gasteiger partial charge in [-0.05, 0) is 96.3 Å². The SMILES string of the molecule is CCCCCCCC/C=C\CCCCCCC(C(=O)O)[C@@H]1CN(C=CCN(C)C)C[C@H]1C(CCCCCC/C=C\CCCCCCCC)C(=O)O. The Morgan fingerprint density at radius 1 is 0.549 bits per heavy atom. The molecule has 0 aromatic heterocycles. The van der Waals surface area contributed by atoms with E-state index in [1.54, 1.807) is 0 Å². The van der Waals surface area contributed by atoms with Crippen LogP contribution in [0.25, 0.3) is 0 Å². The van der Waals surface area contributed by atoms with Gasteiger partial charge in [0.2, 0.25) is 0 Å². The first kappa shape index (κ1) is 46.9. The van der Waals surface area contributed by atoms with E-state index in [2.05, 4.69) is 60.2 Å². The predicted molar refractivity (Wildman–Crippen MR) is 218 cm³/mol. The van der Waals surface area contributed by atoms with Gasteiger partial charge in [-0.2, -0.15) is 0 Å². The number of carbonyl (C=O) groups is 2. The molecule has 0 bridgehead atoms. The van der Waals surface area contributed by atoms with Gasteiger partial charge in [-0.1, -0.05) is 147 Å². The van der Waals surface area contributed by atoms with Crippen LogP contribution in [0.5, 0.6) is 0 Å². The third-order valence-corrected chi connectivity index (χ3v) is 10.9. The molecule has 1 fully saturated rings. The van der Waals surface area contributed by atoms with E-state index in [1.165, 1.54) is 89.9 Å². The lowest BCUT2D eigenvalue weighted by Gasteiger charge is -2.29. The number of likely N-dealkylation sites (tertiary alicyclic amines) is 1. The number of hydrogen-bond donors (Lipinski definition) is 2. The van der Waals surface area contributed by atoms with E-state index in [0.717, 1.165) is 70.8 Å². The first-order chi connectivity index (χ1) is 24.8. The Hall–Kier alpha value is -2.08. The molecule has 0 amide bonds. The Kier molecular flexibility index (Phi) is 30.0. The van der Waals surface area contributed by atoms with Gasteiger partial charge >= 0.3 is 11.9 Å². The summed E-state index contributed by atoms with van der Waals surface area (Å²) in [6, 6.07) is 0. The molecule has 1 aliphatic rings. The van der Waals surface area contributed by atoms with E-state index in [0.29, 0.717) is 25.9 Å². The van der Waals surface area contributed by atoms with Gasteiger partial charge in [-0.25, -0.2) is 0 Å². The van der Waals surface area contributed by atoms with Crippen molar-refractivity contribution in [3.63, 3.8) is 0 Å². The number of carboxylic acids is 2. The molecule has 4 atom stereocenters. The first-order valence-corrected chi connectivity index (χ1v) is 21.6. The van der Waals surface area contributed by atoms with Crippen molar-refractivity contribution in [2.75, 3.05) is 33.7 Å². The lowest BCUT2D eigenvalue weighted by Crippen LogP contribution is -2.35. The Morgan fingerprint density at radius 3 is 1.22 bits per heavy atom. The Balaban J connectivity index is 2.57. The smallest absolute Gasteiger partial charge is 0.306 e. The molecular formula is C45H82N2O4. The van der Waals surface area contributed by atoms with Crippen molar-refractivity contribution >= 4 is 11.9 Å². The predicted octanol–water partition coefficient (Wildman–Crippen LogP) is 12.3. The van der Waals surface area contributed by atoms with Crippen LogP contribution in [0.4, 0.5) is 0 Å². The van der Waals surface area contributed by atoms with Crippen LogP contribution in [-0.4, -0.2) is 65.7 Å². The van der Waals surface area contributed by atoms with Crippen molar-refractivity contribution < 1.29 is 19.8 Å². The molecule has 1 rings (SSSR count).